The molecule has 0 saturated heterocycles. The molecule has 0 aliphatic heterocycles. The van der Waals surface area contributed by atoms with Crippen LogP contribution in [0.1, 0.15) is 17.3 Å². The Bertz CT molecular complexity index is 248. The van der Waals surface area contributed by atoms with Gasteiger partial charge in [0.05, 0.1) is 19.6 Å². The maximum absolute atomic E-state index is 10.8. The number of hydrogen-bond acceptors (Lipinski definition) is 5. The van der Waals surface area contributed by atoms with E-state index in [0.717, 1.165) is 4.88 Å². The van der Waals surface area contributed by atoms with Crippen molar-refractivity contribution in [2.75, 3.05) is 7.11 Å². The van der Waals surface area contributed by atoms with Gasteiger partial charge in [0.2, 0.25) is 0 Å². The number of aromatic nitrogens is 1. The van der Waals surface area contributed by atoms with Crippen LogP contribution in [-0.2, 0) is 9.53 Å². The third kappa shape index (κ3) is 2.28. The van der Waals surface area contributed by atoms with Gasteiger partial charge in [-0.25, -0.2) is 4.37 Å². The summed E-state index contributed by atoms with van der Waals surface area (Å²) in [6.45, 7) is 0. The summed E-state index contributed by atoms with van der Waals surface area (Å²) in [6, 6.07) is 1.52. The van der Waals surface area contributed by atoms with E-state index < -0.39 is 0 Å². The molecule has 12 heavy (non-hydrogen) atoms. The topological polar surface area (TPSA) is 65.2 Å². The van der Waals surface area contributed by atoms with Crippen molar-refractivity contribution in [1.29, 1.82) is 0 Å². The quantitative estimate of drug-likeness (QED) is 0.706. The molecule has 66 valence electrons. The molecule has 1 heterocycles. The molecule has 0 saturated carbocycles. The van der Waals surface area contributed by atoms with Crippen LogP contribution in [0.15, 0.2) is 12.3 Å². The first-order chi connectivity index (χ1) is 5.74. The van der Waals surface area contributed by atoms with Crippen LogP contribution in [0.4, 0.5) is 0 Å². The van der Waals surface area contributed by atoms with Gasteiger partial charge in [0.1, 0.15) is 0 Å². The average molecular weight is 186 g/mol. The van der Waals surface area contributed by atoms with Gasteiger partial charge >= 0.3 is 5.97 Å². The summed E-state index contributed by atoms with van der Waals surface area (Å²) in [4.78, 5) is 11.7. The van der Waals surface area contributed by atoms with Gasteiger partial charge in [0.15, 0.2) is 0 Å². The molecule has 1 atom stereocenters. The second kappa shape index (κ2) is 4.18. The van der Waals surface area contributed by atoms with Crippen molar-refractivity contribution < 1.29 is 9.53 Å². The van der Waals surface area contributed by atoms with E-state index >= 15 is 0 Å². The highest BCUT2D eigenvalue weighted by Crippen LogP contribution is 2.17. The van der Waals surface area contributed by atoms with Crippen molar-refractivity contribution in [3.8, 4) is 0 Å². The molecular weight excluding hydrogens is 176 g/mol. The first-order valence-corrected chi connectivity index (χ1v) is 4.24. The van der Waals surface area contributed by atoms with E-state index in [0.29, 0.717) is 0 Å². The van der Waals surface area contributed by atoms with Crippen molar-refractivity contribution in [1.82, 2.24) is 4.37 Å². The lowest BCUT2D eigenvalue weighted by molar-refractivity contribution is -0.141. The molecule has 0 aromatic carbocycles. The van der Waals surface area contributed by atoms with Crippen LogP contribution in [0.3, 0.4) is 0 Å². The lowest BCUT2D eigenvalue weighted by Crippen LogP contribution is -2.14. The zero-order valence-electron chi connectivity index (χ0n) is 6.69. The molecule has 2 N–H and O–H groups in total. The van der Waals surface area contributed by atoms with Crippen molar-refractivity contribution in [3.63, 3.8) is 0 Å². The predicted octanol–water partition coefficient (Wildman–Crippen LogP) is 0.706. The van der Waals surface area contributed by atoms with Gasteiger partial charge in [0.25, 0.3) is 0 Å². The molecule has 4 nitrogen and oxygen atoms in total. The van der Waals surface area contributed by atoms with E-state index in [1.165, 1.54) is 18.6 Å². The van der Waals surface area contributed by atoms with Crippen LogP contribution in [-0.4, -0.2) is 17.5 Å². The second-order valence-corrected chi connectivity index (χ2v) is 3.17. The van der Waals surface area contributed by atoms with E-state index in [9.17, 15) is 4.79 Å². The van der Waals surface area contributed by atoms with Crippen LogP contribution in [0.25, 0.3) is 0 Å². The number of nitrogens with zero attached hydrogens (tertiary/aromatic N) is 1. The number of carbonyl (C=O) groups excluding carboxylic acids is 1. The van der Waals surface area contributed by atoms with Crippen LogP contribution < -0.4 is 5.73 Å². The van der Waals surface area contributed by atoms with Crippen molar-refractivity contribution in [3.05, 3.63) is 17.1 Å². The third-order valence-corrected chi connectivity index (χ3v) is 2.31. The van der Waals surface area contributed by atoms with Crippen LogP contribution in [0.5, 0.6) is 0 Å². The number of methoxy groups -OCH3 is 1. The van der Waals surface area contributed by atoms with Crippen LogP contribution in [0, 0.1) is 0 Å². The fraction of sp³-hybridized carbons (Fsp3) is 0.429. The zero-order chi connectivity index (χ0) is 8.97. The van der Waals surface area contributed by atoms with Gasteiger partial charge < -0.3 is 10.5 Å². The standard InChI is InChI=1S/C7H10N2O2S/c1-11-7(10)4-5(8)6-2-3-9-12-6/h2-3,5H,4,8H2,1H3. The maximum Gasteiger partial charge on any atom is 0.307 e. The smallest absolute Gasteiger partial charge is 0.307 e. The fourth-order valence-corrected chi connectivity index (χ4v) is 1.36. The Hall–Kier alpha value is -0.940. The third-order valence-electron chi connectivity index (χ3n) is 1.44. The lowest BCUT2D eigenvalue weighted by Gasteiger charge is -2.05. The SMILES string of the molecule is COC(=O)CC(N)c1ccns1. The van der Waals surface area contributed by atoms with Gasteiger partial charge in [0, 0.05) is 11.1 Å². The zero-order valence-corrected chi connectivity index (χ0v) is 7.50. The number of hydrogen-bond donors (Lipinski definition) is 1. The Morgan fingerprint density at radius 2 is 2.67 bits per heavy atom. The molecule has 0 fully saturated rings. The maximum atomic E-state index is 10.8. The second-order valence-electron chi connectivity index (χ2n) is 2.30. The lowest BCUT2D eigenvalue weighted by atomic mass is 10.2. The number of carbonyl (C=O) groups is 1. The van der Waals surface area contributed by atoms with Crippen LogP contribution in [0.2, 0.25) is 0 Å². The van der Waals surface area contributed by atoms with E-state index in [-0.39, 0.29) is 18.4 Å². The summed E-state index contributed by atoms with van der Waals surface area (Å²) in [5.41, 5.74) is 5.69. The highest BCUT2D eigenvalue weighted by molar-refractivity contribution is 7.05. The minimum Gasteiger partial charge on any atom is -0.469 e. The summed E-state index contributed by atoms with van der Waals surface area (Å²) in [5, 5.41) is 0. The molecule has 1 aromatic heterocycles. The number of rotatable bonds is 3. The fourth-order valence-electron chi connectivity index (χ4n) is 0.780. The molecule has 1 aromatic rings. The molecule has 1 rings (SSSR count). The Morgan fingerprint density at radius 3 is 3.17 bits per heavy atom. The van der Waals surface area contributed by atoms with E-state index in [1.807, 2.05) is 0 Å². The Kier molecular flexibility index (Phi) is 3.19. The number of esters is 1. The number of nitrogens with two attached hydrogens (primary N) is 1. The largest absolute Gasteiger partial charge is 0.469 e. The minimum atomic E-state index is -0.295. The van der Waals surface area contributed by atoms with Crippen molar-refractivity contribution in [2.45, 2.75) is 12.5 Å². The van der Waals surface area contributed by atoms with Gasteiger partial charge in [-0.3, -0.25) is 4.79 Å². The molecule has 0 aliphatic carbocycles. The first kappa shape index (κ1) is 9.15. The van der Waals surface area contributed by atoms with Gasteiger partial charge in [-0.15, -0.1) is 0 Å². The molecule has 1 unspecified atom stereocenters. The Labute approximate surface area is 74.5 Å². The molecule has 0 spiro atoms. The van der Waals surface area contributed by atoms with Gasteiger partial charge in [-0.05, 0) is 17.6 Å². The molecule has 5 heteroatoms. The number of ether oxygens (including phenoxy) is 1. The predicted molar refractivity (Wildman–Crippen MR) is 45.7 cm³/mol. The minimum absolute atomic E-state index is 0.207. The van der Waals surface area contributed by atoms with Gasteiger partial charge in [-0.2, -0.15) is 0 Å². The summed E-state index contributed by atoms with van der Waals surface area (Å²) < 4.78 is 8.37. The van der Waals surface area contributed by atoms with Crippen molar-refractivity contribution in [2.24, 2.45) is 5.73 Å². The Balaban J connectivity index is 2.49. The highest BCUT2D eigenvalue weighted by Gasteiger charge is 2.12. The molecule has 0 radical (unpaired) electrons. The summed E-state index contributed by atoms with van der Waals surface area (Å²) in [6.07, 6.45) is 1.87. The van der Waals surface area contributed by atoms with E-state index in [2.05, 4.69) is 9.11 Å². The molecule has 0 aliphatic rings. The highest BCUT2D eigenvalue weighted by atomic mass is 32.1. The van der Waals surface area contributed by atoms with E-state index in [1.54, 1.807) is 12.3 Å². The average Bonchev–Trinajstić information content (AvgIpc) is 2.56. The Morgan fingerprint density at radius 1 is 1.92 bits per heavy atom. The first-order valence-electron chi connectivity index (χ1n) is 3.47. The van der Waals surface area contributed by atoms with Crippen molar-refractivity contribution >= 4 is 17.5 Å². The monoisotopic (exact) mass is 186 g/mol. The molecular formula is C7H10N2O2S. The summed E-state index contributed by atoms with van der Waals surface area (Å²) in [7, 11) is 1.35. The van der Waals surface area contributed by atoms with E-state index in [4.69, 9.17) is 5.73 Å². The summed E-state index contributed by atoms with van der Waals surface area (Å²) >= 11 is 1.30. The molecule has 0 bridgehead atoms. The normalized spacial score (nSPS) is 12.5. The molecule has 0 amide bonds. The van der Waals surface area contributed by atoms with Crippen LogP contribution >= 0.6 is 11.5 Å². The summed E-state index contributed by atoms with van der Waals surface area (Å²) in [5.74, 6) is -0.295. The van der Waals surface area contributed by atoms with Gasteiger partial charge in [-0.1, -0.05) is 0 Å².